The summed E-state index contributed by atoms with van der Waals surface area (Å²) in [6, 6.07) is 15.2. The molecule has 7 nitrogen and oxygen atoms in total. The number of carbonyl (C=O) groups is 2. The monoisotopic (exact) mass is 411 g/mol. The fraction of sp³-hybridized carbons (Fsp3) is 0.391. The molecular formula is C23H29N3O4. The van der Waals surface area contributed by atoms with E-state index < -0.39 is 0 Å². The lowest BCUT2D eigenvalue weighted by atomic mass is 10.1. The highest BCUT2D eigenvalue weighted by Gasteiger charge is 2.19. The Labute approximate surface area is 177 Å². The molecule has 1 fully saturated rings. The Balaban J connectivity index is 1.35. The molecule has 7 heteroatoms. The lowest BCUT2D eigenvalue weighted by Crippen LogP contribution is -2.49. The lowest BCUT2D eigenvalue weighted by molar-refractivity contribution is -0.122. The fourth-order valence-electron chi connectivity index (χ4n) is 3.42. The number of anilines is 1. The van der Waals surface area contributed by atoms with Crippen molar-refractivity contribution in [1.82, 2.24) is 10.2 Å². The number of nitrogens with zero attached hydrogens (tertiary/aromatic N) is 2. The van der Waals surface area contributed by atoms with Crippen LogP contribution in [-0.2, 0) is 4.79 Å². The second kappa shape index (κ2) is 10.6. The van der Waals surface area contributed by atoms with E-state index in [2.05, 4.69) is 15.1 Å². The zero-order chi connectivity index (χ0) is 21.3. The van der Waals surface area contributed by atoms with E-state index in [1.165, 1.54) is 0 Å². The molecule has 0 unspecified atom stereocenters. The van der Waals surface area contributed by atoms with E-state index in [4.69, 9.17) is 9.47 Å². The van der Waals surface area contributed by atoms with Crippen molar-refractivity contribution in [2.24, 2.45) is 0 Å². The summed E-state index contributed by atoms with van der Waals surface area (Å²) in [5, 5.41) is 2.91. The number of para-hydroxylation sites is 2. The number of ether oxygens (including phenoxy) is 2. The quantitative estimate of drug-likeness (QED) is 0.504. The van der Waals surface area contributed by atoms with Crippen LogP contribution < -0.4 is 19.7 Å². The van der Waals surface area contributed by atoms with Crippen LogP contribution in [0.15, 0.2) is 48.5 Å². The maximum Gasteiger partial charge on any atom is 0.234 e. The summed E-state index contributed by atoms with van der Waals surface area (Å²) < 4.78 is 10.9. The van der Waals surface area contributed by atoms with Gasteiger partial charge in [0.15, 0.2) is 17.3 Å². The highest BCUT2D eigenvalue weighted by molar-refractivity contribution is 5.94. The van der Waals surface area contributed by atoms with Gasteiger partial charge >= 0.3 is 0 Å². The summed E-state index contributed by atoms with van der Waals surface area (Å²) in [6.07, 6.45) is 0. The molecule has 0 spiro atoms. The first kappa shape index (κ1) is 21.6. The first-order chi connectivity index (χ1) is 14.6. The summed E-state index contributed by atoms with van der Waals surface area (Å²) in [4.78, 5) is 28.0. The molecule has 3 rings (SSSR count). The minimum atomic E-state index is -0.00196. The number of ketones is 1. The molecule has 2 aromatic rings. The zero-order valence-electron chi connectivity index (χ0n) is 17.6. The van der Waals surface area contributed by atoms with Gasteiger partial charge in [-0.15, -0.1) is 0 Å². The number of rotatable bonds is 9. The summed E-state index contributed by atoms with van der Waals surface area (Å²) in [7, 11) is 1.60. The van der Waals surface area contributed by atoms with Crippen LogP contribution in [0.2, 0.25) is 0 Å². The summed E-state index contributed by atoms with van der Waals surface area (Å²) in [6.45, 7) is 6.12. The third-order valence-electron chi connectivity index (χ3n) is 5.13. The molecule has 1 saturated heterocycles. The highest BCUT2D eigenvalue weighted by Crippen LogP contribution is 2.25. The molecule has 1 aliphatic heterocycles. The fourth-order valence-corrected chi connectivity index (χ4v) is 3.42. The van der Waals surface area contributed by atoms with Crippen molar-refractivity contribution in [3.05, 3.63) is 54.1 Å². The van der Waals surface area contributed by atoms with Crippen LogP contribution in [0.1, 0.15) is 17.3 Å². The van der Waals surface area contributed by atoms with Crippen LogP contribution in [0.4, 0.5) is 5.69 Å². The number of amides is 1. The van der Waals surface area contributed by atoms with E-state index in [9.17, 15) is 9.59 Å². The van der Waals surface area contributed by atoms with Crippen LogP contribution in [0.5, 0.6) is 11.5 Å². The van der Waals surface area contributed by atoms with Gasteiger partial charge in [-0.3, -0.25) is 14.5 Å². The van der Waals surface area contributed by atoms with Gasteiger partial charge in [0.05, 0.1) is 20.2 Å². The average molecular weight is 412 g/mol. The van der Waals surface area contributed by atoms with E-state index in [1.807, 2.05) is 48.5 Å². The number of Topliss-reactive ketones (excluding diaryl/α,β-unsaturated/α-hetero) is 1. The van der Waals surface area contributed by atoms with Gasteiger partial charge in [0.2, 0.25) is 5.91 Å². The number of nitrogens with one attached hydrogen (secondary N) is 1. The molecule has 1 heterocycles. The molecule has 0 aliphatic carbocycles. The van der Waals surface area contributed by atoms with Crippen LogP contribution in [0.25, 0.3) is 0 Å². The van der Waals surface area contributed by atoms with Crippen molar-refractivity contribution in [3.63, 3.8) is 0 Å². The maximum atomic E-state index is 12.2. The number of benzene rings is 2. The SMILES string of the molecule is COc1ccccc1OCCNC(=O)CN1CCN(c2ccc(C(C)=O)cc2)CC1. The average Bonchev–Trinajstić information content (AvgIpc) is 2.77. The minimum absolute atomic E-state index is 0.00196. The van der Waals surface area contributed by atoms with Gasteiger partial charge in [0.1, 0.15) is 6.61 Å². The third-order valence-corrected chi connectivity index (χ3v) is 5.13. The molecule has 160 valence electrons. The van der Waals surface area contributed by atoms with Crippen molar-refractivity contribution in [1.29, 1.82) is 0 Å². The zero-order valence-corrected chi connectivity index (χ0v) is 17.6. The van der Waals surface area contributed by atoms with E-state index in [1.54, 1.807) is 14.0 Å². The first-order valence-corrected chi connectivity index (χ1v) is 10.2. The molecule has 0 saturated carbocycles. The van der Waals surface area contributed by atoms with E-state index in [0.29, 0.717) is 31.2 Å². The van der Waals surface area contributed by atoms with Crippen molar-refractivity contribution < 1.29 is 19.1 Å². The molecule has 1 aliphatic rings. The predicted octanol–water partition coefficient (Wildman–Crippen LogP) is 2.21. The van der Waals surface area contributed by atoms with Crippen molar-refractivity contribution in [2.45, 2.75) is 6.92 Å². The Morgan fingerprint density at radius 2 is 1.63 bits per heavy atom. The molecule has 2 aromatic carbocycles. The van der Waals surface area contributed by atoms with Gasteiger partial charge < -0.3 is 19.7 Å². The Hall–Kier alpha value is -3.06. The number of hydrogen-bond acceptors (Lipinski definition) is 6. The second-order valence-electron chi connectivity index (χ2n) is 7.22. The van der Waals surface area contributed by atoms with Crippen LogP contribution in [0, 0.1) is 0 Å². The Morgan fingerprint density at radius 3 is 2.27 bits per heavy atom. The van der Waals surface area contributed by atoms with Crippen molar-refractivity contribution >= 4 is 17.4 Å². The smallest absolute Gasteiger partial charge is 0.234 e. The van der Waals surface area contributed by atoms with E-state index >= 15 is 0 Å². The molecule has 0 atom stereocenters. The van der Waals surface area contributed by atoms with Gasteiger partial charge in [0, 0.05) is 37.4 Å². The molecule has 0 aromatic heterocycles. The summed E-state index contributed by atoms with van der Waals surface area (Å²) >= 11 is 0. The summed E-state index contributed by atoms with van der Waals surface area (Å²) in [5.41, 5.74) is 1.83. The van der Waals surface area contributed by atoms with E-state index in [0.717, 1.165) is 37.4 Å². The van der Waals surface area contributed by atoms with E-state index in [-0.39, 0.29) is 11.7 Å². The first-order valence-electron chi connectivity index (χ1n) is 10.2. The Bertz CT molecular complexity index is 846. The molecule has 1 N–H and O–H groups in total. The minimum Gasteiger partial charge on any atom is -0.493 e. The van der Waals surface area contributed by atoms with Gasteiger partial charge in [-0.2, -0.15) is 0 Å². The third kappa shape index (κ3) is 5.97. The topological polar surface area (TPSA) is 71.1 Å². The van der Waals surface area contributed by atoms with Crippen molar-refractivity contribution in [2.75, 3.05) is 57.9 Å². The molecule has 30 heavy (non-hydrogen) atoms. The second-order valence-corrected chi connectivity index (χ2v) is 7.22. The standard InChI is InChI=1S/C23H29N3O4/c1-18(27)19-7-9-20(10-8-19)26-14-12-25(13-15-26)17-23(28)24-11-16-30-22-6-4-3-5-21(22)29-2/h3-10H,11-17H2,1-2H3,(H,24,28). The van der Waals surface area contributed by atoms with Crippen LogP contribution >= 0.6 is 0 Å². The highest BCUT2D eigenvalue weighted by atomic mass is 16.5. The number of hydrogen-bond donors (Lipinski definition) is 1. The Kier molecular flexibility index (Phi) is 7.68. The van der Waals surface area contributed by atoms with Gasteiger partial charge in [0.25, 0.3) is 0 Å². The predicted molar refractivity (Wildman–Crippen MR) is 117 cm³/mol. The van der Waals surface area contributed by atoms with Gasteiger partial charge in [-0.25, -0.2) is 0 Å². The number of methoxy groups -OCH3 is 1. The maximum absolute atomic E-state index is 12.2. The molecule has 1 amide bonds. The van der Waals surface area contributed by atoms with Gasteiger partial charge in [-0.05, 0) is 43.3 Å². The van der Waals surface area contributed by atoms with Gasteiger partial charge in [-0.1, -0.05) is 12.1 Å². The molecule has 0 radical (unpaired) electrons. The molecule has 0 bridgehead atoms. The van der Waals surface area contributed by atoms with Crippen molar-refractivity contribution in [3.8, 4) is 11.5 Å². The van der Waals surface area contributed by atoms with Crippen LogP contribution in [0.3, 0.4) is 0 Å². The van der Waals surface area contributed by atoms with Crippen LogP contribution in [-0.4, -0.2) is 69.6 Å². The number of piperazine rings is 1. The normalized spacial score (nSPS) is 14.3. The lowest BCUT2D eigenvalue weighted by Gasteiger charge is -2.35. The Morgan fingerprint density at radius 1 is 0.967 bits per heavy atom. The molecular weight excluding hydrogens is 382 g/mol. The number of carbonyl (C=O) groups excluding carboxylic acids is 2. The summed E-state index contributed by atoms with van der Waals surface area (Å²) in [5.74, 6) is 1.42. The largest absolute Gasteiger partial charge is 0.493 e.